The van der Waals surface area contributed by atoms with Crippen molar-refractivity contribution in [2.45, 2.75) is 48.8 Å². The van der Waals surface area contributed by atoms with Crippen LogP contribution in [-0.2, 0) is 20.8 Å². The molecule has 1 aliphatic heterocycles. The van der Waals surface area contributed by atoms with Crippen molar-refractivity contribution in [3.8, 4) is 0 Å². The molecule has 0 aromatic heterocycles. The number of amides is 2. The van der Waals surface area contributed by atoms with E-state index in [1.807, 2.05) is 0 Å². The number of sulfone groups is 1. The number of halogens is 4. The first-order valence-corrected chi connectivity index (χ1v) is 14.4. The number of likely N-dealkylation sites (tertiary alicyclic amines) is 1. The molecule has 0 spiro atoms. The van der Waals surface area contributed by atoms with E-state index < -0.39 is 51.3 Å². The average molecular weight is 572 g/mol. The number of aliphatic hydroxyl groups excluding tert-OH is 1. The predicted octanol–water partition coefficient (Wildman–Crippen LogP) is 3.52. The highest BCUT2D eigenvalue weighted by Gasteiger charge is 2.41. The number of carbonyl (C=O) groups is 2. The Hall–Kier alpha value is -3.19. The second kappa shape index (κ2) is 11.1. The lowest BCUT2D eigenvalue weighted by Crippen LogP contribution is -2.47. The highest BCUT2D eigenvalue weighted by molar-refractivity contribution is 7.90. The zero-order valence-corrected chi connectivity index (χ0v) is 21.9. The summed E-state index contributed by atoms with van der Waals surface area (Å²) in [6, 6.07) is 4.40. The second-order valence-corrected chi connectivity index (χ2v) is 11.9. The summed E-state index contributed by atoms with van der Waals surface area (Å²) in [5.41, 5.74) is -0.876. The van der Waals surface area contributed by atoms with Crippen LogP contribution < -0.4 is 10.6 Å². The molecule has 1 aliphatic carbocycles. The van der Waals surface area contributed by atoms with Crippen LogP contribution >= 0.6 is 0 Å². The van der Waals surface area contributed by atoms with E-state index in [1.165, 1.54) is 23.1 Å². The van der Waals surface area contributed by atoms with Crippen LogP contribution in [0.2, 0.25) is 0 Å². The minimum absolute atomic E-state index is 0.0126. The van der Waals surface area contributed by atoms with Gasteiger partial charge < -0.3 is 20.6 Å². The molecule has 212 valence electrons. The van der Waals surface area contributed by atoms with Crippen molar-refractivity contribution in [2.75, 3.05) is 31.3 Å². The molecule has 1 saturated carbocycles. The fourth-order valence-corrected chi connectivity index (χ4v) is 5.44. The maximum atomic E-state index is 14.8. The van der Waals surface area contributed by atoms with Gasteiger partial charge in [0.15, 0.2) is 9.84 Å². The summed E-state index contributed by atoms with van der Waals surface area (Å²) in [6.45, 7) is 0.0750. The van der Waals surface area contributed by atoms with Gasteiger partial charge in [-0.3, -0.25) is 9.59 Å². The molecule has 2 aromatic rings. The van der Waals surface area contributed by atoms with E-state index >= 15 is 0 Å². The SMILES string of the molecule is CS(=O)(=O)c1ccc(NCCO)c(C(=O)N2CCC[C@@H]2C(=O)NC(c2ccc(C(F)(F)F)cc2F)C2CC2)c1. The Morgan fingerprint density at radius 2 is 1.85 bits per heavy atom. The normalized spacial score (nSPS) is 18.6. The molecule has 1 saturated heterocycles. The lowest BCUT2D eigenvalue weighted by molar-refractivity contribution is -0.137. The third-order valence-corrected chi connectivity index (χ3v) is 8.06. The number of nitrogens with zero attached hydrogens (tertiary/aromatic N) is 1. The van der Waals surface area contributed by atoms with E-state index in [0.717, 1.165) is 18.4 Å². The summed E-state index contributed by atoms with van der Waals surface area (Å²) in [7, 11) is -3.65. The Morgan fingerprint density at radius 1 is 1.13 bits per heavy atom. The van der Waals surface area contributed by atoms with Crippen LogP contribution in [0.15, 0.2) is 41.3 Å². The van der Waals surface area contributed by atoms with Crippen LogP contribution in [0.5, 0.6) is 0 Å². The summed E-state index contributed by atoms with van der Waals surface area (Å²) in [5, 5.41) is 14.8. The molecular weight excluding hydrogens is 542 g/mol. The van der Waals surface area contributed by atoms with Crippen molar-refractivity contribution in [3.63, 3.8) is 0 Å². The van der Waals surface area contributed by atoms with Gasteiger partial charge in [0.05, 0.1) is 28.7 Å². The molecular formula is C26H29F4N3O5S. The first-order valence-electron chi connectivity index (χ1n) is 12.5. The molecule has 0 bridgehead atoms. The van der Waals surface area contributed by atoms with Crippen molar-refractivity contribution < 1.29 is 40.7 Å². The van der Waals surface area contributed by atoms with Gasteiger partial charge in [-0.05, 0) is 61.9 Å². The number of hydrogen-bond donors (Lipinski definition) is 3. The van der Waals surface area contributed by atoms with Crippen LogP contribution in [0, 0.1) is 11.7 Å². The van der Waals surface area contributed by atoms with Crippen molar-refractivity contribution in [1.82, 2.24) is 10.2 Å². The summed E-state index contributed by atoms with van der Waals surface area (Å²) < 4.78 is 78.0. The van der Waals surface area contributed by atoms with Crippen LogP contribution in [0.1, 0.15) is 53.2 Å². The largest absolute Gasteiger partial charge is 0.416 e. The molecule has 3 N–H and O–H groups in total. The number of hydrogen-bond acceptors (Lipinski definition) is 6. The molecule has 1 heterocycles. The van der Waals surface area contributed by atoms with Gasteiger partial charge in [0.25, 0.3) is 5.91 Å². The molecule has 13 heteroatoms. The maximum Gasteiger partial charge on any atom is 0.416 e. The van der Waals surface area contributed by atoms with E-state index in [1.54, 1.807) is 0 Å². The van der Waals surface area contributed by atoms with Crippen LogP contribution in [-0.4, -0.2) is 62.2 Å². The van der Waals surface area contributed by atoms with E-state index in [0.29, 0.717) is 31.7 Å². The van der Waals surface area contributed by atoms with Gasteiger partial charge >= 0.3 is 6.18 Å². The fraction of sp³-hybridized carbons (Fsp3) is 0.462. The third kappa shape index (κ3) is 6.52. The van der Waals surface area contributed by atoms with Crippen LogP contribution in [0.25, 0.3) is 0 Å². The Morgan fingerprint density at radius 3 is 2.44 bits per heavy atom. The van der Waals surface area contributed by atoms with Crippen molar-refractivity contribution in [3.05, 3.63) is 58.9 Å². The first kappa shape index (κ1) is 28.8. The standard InChI is InChI=1S/C26H29F4N3O5S/c1-39(37,38)17-7-9-21(31-10-12-34)19(14-17)25(36)33-11-2-3-22(33)24(35)32-23(15-4-5-15)18-8-6-16(13-20(18)27)26(28,29)30/h6-9,13-15,22-23,31,34H,2-5,10-12H2,1H3,(H,32,35)/t22-,23?/m1/s1. The van der Waals surface area contributed by atoms with E-state index in [2.05, 4.69) is 10.6 Å². The highest BCUT2D eigenvalue weighted by atomic mass is 32.2. The zero-order valence-electron chi connectivity index (χ0n) is 21.1. The second-order valence-electron chi connectivity index (χ2n) is 9.84. The quantitative estimate of drug-likeness (QED) is 0.397. The number of alkyl halides is 3. The molecule has 2 amide bonds. The Bertz CT molecular complexity index is 1360. The van der Waals surface area contributed by atoms with E-state index in [-0.39, 0.29) is 47.3 Å². The van der Waals surface area contributed by atoms with Crippen LogP contribution in [0.4, 0.5) is 23.2 Å². The molecule has 2 aliphatic rings. The monoisotopic (exact) mass is 571 g/mol. The lowest BCUT2D eigenvalue weighted by atomic mass is 9.99. The topological polar surface area (TPSA) is 116 Å². The van der Waals surface area contributed by atoms with Gasteiger partial charge in [0.2, 0.25) is 5.91 Å². The number of benzene rings is 2. The number of aliphatic hydroxyl groups is 1. The Balaban J connectivity index is 1.59. The number of anilines is 1. The molecule has 4 rings (SSSR count). The molecule has 2 aromatic carbocycles. The number of nitrogens with one attached hydrogen (secondary N) is 2. The van der Waals surface area contributed by atoms with Gasteiger partial charge in [0, 0.05) is 30.6 Å². The zero-order chi connectivity index (χ0) is 28.5. The Kier molecular flexibility index (Phi) is 8.22. The maximum absolute atomic E-state index is 14.8. The molecule has 8 nitrogen and oxygen atoms in total. The van der Waals surface area contributed by atoms with Crippen LogP contribution in [0.3, 0.4) is 0 Å². The molecule has 0 radical (unpaired) electrons. The van der Waals surface area contributed by atoms with Crippen molar-refractivity contribution in [2.24, 2.45) is 5.92 Å². The van der Waals surface area contributed by atoms with E-state index in [4.69, 9.17) is 0 Å². The van der Waals surface area contributed by atoms with Crippen molar-refractivity contribution in [1.29, 1.82) is 0 Å². The lowest BCUT2D eigenvalue weighted by Gasteiger charge is -2.28. The van der Waals surface area contributed by atoms with Gasteiger partial charge in [-0.25, -0.2) is 12.8 Å². The smallest absolute Gasteiger partial charge is 0.395 e. The fourth-order valence-electron chi connectivity index (χ4n) is 4.80. The van der Waals surface area contributed by atoms with Crippen molar-refractivity contribution >= 4 is 27.3 Å². The average Bonchev–Trinajstić information content (AvgIpc) is 3.59. The summed E-state index contributed by atoms with van der Waals surface area (Å²) in [5.74, 6) is -2.38. The minimum atomic E-state index is -4.71. The summed E-state index contributed by atoms with van der Waals surface area (Å²) in [6.07, 6.45) is -1.59. The molecule has 39 heavy (non-hydrogen) atoms. The minimum Gasteiger partial charge on any atom is -0.395 e. The van der Waals surface area contributed by atoms with Gasteiger partial charge in [0.1, 0.15) is 11.9 Å². The summed E-state index contributed by atoms with van der Waals surface area (Å²) in [4.78, 5) is 28.2. The number of rotatable bonds is 9. The van der Waals surface area contributed by atoms with Gasteiger partial charge in [-0.15, -0.1) is 0 Å². The first-order chi connectivity index (χ1) is 18.3. The molecule has 1 unspecified atom stereocenters. The van der Waals surface area contributed by atoms with Gasteiger partial charge in [-0.2, -0.15) is 13.2 Å². The van der Waals surface area contributed by atoms with Gasteiger partial charge in [-0.1, -0.05) is 6.07 Å². The highest BCUT2D eigenvalue weighted by Crippen LogP contribution is 2.43. The van der Waals surface area contributed by atoms with E-state index in [9.17, 15) is 40.7 Å². The molecule has 2 fully saturated rings. The molecule has 2 atom stereocenters. The third-order valence-electron chi connectivity index (χ3n) is 6.95. The predicted molar refractivity (Wildman–Crippen MR) is 134 cm³/mol. The summed E-state index contributed by atoms with van der Waals surface area (Å²) >= 11 is 0. The Labute approximate surface area is 223 Å². The number of carbonyl (C=O) groups excluding carboxylic acids is 2.